The molecule has 2 rings (SSSR count). The van der Waals surface area contributed by atoms with Crippen molar-refractivity contribution in [2.75, 3.05) is 5.75 Å². The molecule has 0 aliphatic rings. The third-order valence-electron chi connectivity index (χ3n) is 2.12. The van der Waals surface area contributed by atoms with Crippen LogP contribution in [0.5, 0.6) is 0 Å². The molecule has 1 aromatic heterocycles. The topological polar surface area (TPSA) is 13.1 Å². The molecule has 0 radical (unpaired) electrons. The Morgan fingerprint density at radius 1 is 1.31 bits per heavy atom. The molecule has 1 heterocycles. The fraction of sp³-hybridized carbons (Fsp3) is 0.273. The summed E-state index contributed by atoms with van der Waals surface area (Å²) in [6.07, 6.45) is 1.75. The van der Waals surface area contributed by atoms with Gasteiger partial charge >= 0.3 is 0 Å². The van der Waals surface area contributed by atoms with E-state index < -0.39 is 0 Å². The van der Waals surface area contributed by atoms with E-state index in [0.29, 0.717) is 0 Å². The van der Waals surface area contributed by atoms with Gasteiger partial charge in [-0.1, -0.05) is 6.92 Å². The molecule has 0 amide bonds. The molecule has 68 valence electrons. The van der Waals surface area contributed by atoms with Crippen LogP contribution >= 0.6 is 11.8 Å². The van der Waals surface area contributed by atoms with Crippen LogP contribution < -0.4 is 0 Å². The smallest absolute Gasteiger partial charge is 0.137 e. The third kappa shape index (κ3) is 1.46. The number of thioether (sulfide) groups is 1. The lowest BCUT2D eigenvalue weighted by Crippen LogP contribution is -1.80. The minimum absolute atomic E-state index is 1.03. The average Bonchev–Trinajstić information content (AvgIpc) is 2.58. The molecule has 0 aliphatic carbocycles. The number of fused-ring (bicyclic) bond motifs is 1. The SMILES string of the molecule is CCSc1ccc2ccoc2c1C. The van der Waals surface area contributed by atoms with Gasteiger partial charge in [-0.05, 0) is 30.9 Å². The second-order valence-corrected chi connectivity index (χ2v) is 4.27. The molecule has 1 nitrogen and oxygen atoms in total. The van der Waals surface area contributed by atoms with Crippen LogP contribution in [0.4, 0.5) is 0 Å². The molecular formula is C11H12OS. The van der Waals surface area contributed by atoms with Gasteiger partial charge in [0, 0.05) is 15.8 Å². The lowest BCUT2D eigenvalue weighted by Gasteiger charge is -2.03. The van der Waals surface area contributed by atoms with Crippen LogP contribution in [0.25, 0.3) is 11.0 Å². The molecule has 0 fully saturated rings. The van der Waals surface area contributed by atoms with E-state index in [4.69, 9.17) is 4.42 Å². The number of aryl methyl sites for hydroxylation is 1. The molecular weight excluding hydrogens is 180 g/mol. The quantitative estimate of drug-likeness (QED) is 0.670. The maximum Gasteiger partial charge on any atom is 0.137 e. The van der Waals surface area contributed by atoms with Crippen LogP contribution in [0, 0.1) is 6.92 Å². The summed E-state index contributed by atoms with van der Waals surface area (Å²) in [7, 11) is 0. The predicted octanol–water partition coefficient (Wildman–Crippen LogP) is 3.85. The van der Waals surface area contributed by atoms with Crippen molar-refractivity contribution in [3.8, 4) is 0 Å². The molecule has 0 saturated heterocycles. The second-order valence-electron chi connectivity index (χ2n) is 2.96. The van der Waals surface area contributed by atoms with E-state index in [1.165, 1.54) is 15.8 Å². The molecule has 0 bridgehead atoms. The molecule has 0 N–H and O–H groups in total. The molecule has 0 spiro atoms. The molecule has 0 aliphatic heterocycles. The highest BCUT2D eigenvalue weighted by atomic mass is 32.2. The lowest BCUT2D eigenvalue weighted by atomic mass is 10.2. The first-order valence-electron chi connectivity index (χ1n) is 4.42. The summed E-state index contributed by atoms with van der Waals surface area (Å²) in [4.78, 5) is 1.32. The van der Waals surface area contributed by atoms with Gasteiger partial charge in [-0.15, -0.1) is 11.8 Å². The van der Waals surface area contributed by atoms with Gasteiger partial charge in [0.05, 0.1) is 6.26 Å². The molecule has 0 unspecified atom stereocenters. The maximum atomic E-state index is 5.42. The van der Waals surface area contributed by atoms with Crippen molar-refractivity contribution < 1.29 is 4.42 Å². The highest BCUT2D eigenvalue weighted by molar-refractivity contribution is 7.99. The van der Waals surface area contributed by atoms with E-state index in [2.05, 4.69) is 26.0 Å². The van der Waals surface area contributed by atoms with Crippen molar-refractivity contribution in [2.45, 2.75) is 18.7 Å². The summed E-state index contributed by atoms with van der Waals surface area (Å²) in [5.41, 5.74) is 2.28. The Morgan fingerprint density at radius 2 is 2.15 bits per heavy atom. The molecule has 2 heteroatoms. The fourth-order valence-electron chi connectivity index (χ4n) is 1.47. The number of benzene rings is 1. The molecule has 0 saturated carbocycles. The summed E-state index contributed by atoms with van der Waals surface area (Å²) in [5, 5.41) is 1.19. The van der Waals surface area contributed by atoms with Gasteiger partial charge in [-0.3, -0.25) is 0 Å². The average molecular weight is 192 g/mol. The Hall–Kier alpha value is -0.890. The summed E-state index contributed by atoms with van der Waals surface area (Å²) in [5.74, 6) is 1.10. The van der Waals surface area contributed by atoms with Gasteiger partial charge in [0.1, 0.15) is 5.58 Å². The number of furan rings is 1. The Morgan fingerprint density at radius 3 is 2.92 bits per heavy atom. The van der Waals surface area contributed by atoms with Crippen LogP contribution in [0.15, 0.2) is 33.8 Å². The lowest BCUT2D eigenvalue weighted by molar-refractivity contribution is 0.612. The first kappa shape index (κ1) is 8.70. The summed E-state index contributed by atoms with van der Waals surface area (Å²) >= 11 is 1.86. The summed E-state index contributed by atoms with van der Waals surface area (Å²) in [6.45, 7) is 4.28. The number of rotatable bonds is 2. The zero-order chi connectivity index (χ0) is 9.26. The Bertz CT molecular complexity index is 417. The van der Waals surface area contributed by atoms with Crippen molar-refractivity contribution in [1.82, 2.24) is 0 Å². The zero-order valence-corrected chi connectivity index (χ0v) is 8.65. The van der Waals surface area contributed by atoms with Crippen molar-refractivity contribution in [3.63, 3.8) is 0 Å². The highest BCUT2D eigenvalue weighted by Gasteiger charge is 2.05. The van der Waals surface area contributed by atoms with Crippen molar-refractivity contribution in [1.29, 1.82) is 0 Å². The Balaban J connectivity index is 2.59. The van der Waals surface area contributed by atoms with Gasteiger partial charge in [-0.25, -0.2) is 0 Å². The molecule has 1 aromatic carbocycles. The van der Waals surface area contributed by atoms with Gasteiger partial charge in [0.2, 0.25) is 0 Å². The first-order chi connectivity index (χ1) is 6.33. The molecule has 13 heavy (non-hydrogen) atoms. The normalized spacial score (nSPS) is 10.9. The number of hydrogen-bond donors (Lipinski definition) is 0. The van der Waals surface area contributed by atoms with Crippen LogP contribution in [-0.2, 0) is 0 Å². The van der Waals surface area contributed by atoms with E-state index in [-0.39, 0.29) is 0 Å². The van der Waals surface area contributed by atoms with Crippen molar-refractivity contribution in [3.05, 3.63) is 30.0 Å². The van der Waals surface area contributed by atoms with E-state index >= 15 is 0 Å². The fourth-order valence-corrected chi connectivity index (χ4v) is 2.25. The Kier molecular flexibility index (Phi) is 2.32. The highest BCUT2D eigenvalue weighted by Crippen LogP contribution is 2.29. The van der Waals surface area contributed by atoms with Crippen LogP contribution in [0.1, 0.15) is 12.5 Å². The maximum absolute atomic E-state index is 5.42. The van der Waals surface area contributed by atoms with Gasteiger partial charge in [0.15, 0.2) is 0 Å². The second kappa shape index (κ2) is 3.46. The largest absolute Gasteiger partial charge is 0.464 e. The van der Waals surface area contributed by atoms with Gasteiger partial charge in [0.25, 0.3) is 0 Å². The Labute approximate surface area is 82.1 Å². The minimum Gasteiger partial charge on any atom is -0.464 e. The monoisotopic (exact) mass is 192 g/mol. The van der Waals surface area contributed by atoms with E-state index in [0.717, 1.165) is 11.3 Å². The van der Waals surface area contributed by atoms with E-state index in [1.54, 1.807) is 6.26 Å². The van der Waals surface area contributed by atoms with Gasteiger partial charge in [-0.2, -0.15) is 0 Å². The zero-order valence-electron chi connectivity index (χ0n) is 7.83. The summed E-state index contributed by atoms with van der Waals surface area (Å²) < 4.78 is 5.42. The predicted molar refractivity (Wildman–Crippen MR) is 57.3 cm³/mol. The minimum atomic E-state index is 1.03. The van der Waals surface area contributed by atoms with Crippen LogP contribution in [0.2, 0.25) is 0 Å². The molecule has 2 aromatic rings. The standard InChI is InChI=1S/C11H12OS/c1-3-13-10-5-4-9-6-7-12-11(9)8(10)2/h4-7H,3H2,1-2H3. The summed E-state index contributed by atoms with van der Waals surface area (Å²) in [6, 6.07) is 6.29. The van der Waals surface area contributed by atoms with E-state index in [9.17, 15) is 0 Å². The van der Waals surface area contributed by atoms with Crippen LogP contribution in [0.3, 0.4) is 0 Å². The third-order valence-corrected chi connectivity index (χ3v) is 3.16. The van der Waals surface area contributed by atoms with Crippen molar-refractivity contribution >= 4 is 22.7 Å². The van der Waals surface area contributed by atoms with Crippen molar-refractivity contribution in [2.24, 2.45) is 0 Å². The first-order valence-corrected chi connectivity index (χ1v) is 5.41. The van der Waals surface area contributed by atoms with Gasteiger partial charge < -0.3 is 4.42 Å². The number of hydrogen-bond acceptors (Lipinski definition) is 2. The van der Waals surface area contributed by atoms with Crippen LogP contribution in [-0.4, -0.2) is 5.75 Å². The molecule has 0 atom stereocenters. The van der Waals surface area contributed by atoms with E-state index in [1.807, 2.05) is 17.8 Å².